The van der Waals surface area contributed by atoms with Gasteiger partial charge in [0.1, 0.15) is 5.75 Å². The van der Waals surface area contributed by atoms with Gasteiger partial charge in [-0.15, -0.1) is 0 Å². The molecule has 2 amide bonds. The van der Waals surface area contributed by atoms with Gasteiger partial charge in [-0.3, -0.25) is 0 Å². The summed E-state index contributed by atoms with van der Waals surface area (Å²) in [5.41, 5.74) is 1.66. The van der Waals surface area contributed by atoms with Crippen LogP contribution in [0.25, 0.3) is 0 Å². The Bertz CT molecular complexity index is 587. The molecule has 5 nitrogen and oxygen atoms in total. The second kappa shape index (κ2) is 6.28. The number of nitrogens with one attached hydrogen (secondary N) is 2. The number of benzene rings is 1. The molecule has 3 N–H and O–H groups in total. The zero-order chi connectivity index (χ0) is 16.6. The third-order valence-electron chi connectivity index (χ3n) is 6.23. The average Bonchev–Trinajstić information content (AvgIpc) is 3.27. The minimum atomic E-state index is 0.125. The SMILES string of the molecule is O=C(NC1CC12CCNCC2)N1CCC(c2ccc(O)cc2)CC1. The Morgan fingerprint density at radius 2 is 1.83 bits per heavy atom. The van der Waals surface area contributed by atoms with Crippen molar-refractivity contribution in [3.63, 3.8) is 0 Å². The number of phenolic OH excluding ortho intramolecular Hbond substituents is 1. The lowest BCUT2D eigenvalue weighted by Gasteiger charge is -2.33. The predicted octanol–water partition coefficient (Wildman–Crippen LogP) is 2.42. The van der Waals surface area contributed by atoms with Gasteiger partial charge in [0.15, 0.2) is 0 Å². The van der Waals surface area contributed by atoms with E-state index in [0.29, 0.717) is 23.1 Å². The highest BCUT2D eigenvalue weighted by molar-refractivity contribution is 5.75. The Labute approximate surface area is 143 Å². The molecule has 4 rings (SSSR count). The van der Waals surface area contributed by atoms with E-state index in [1.54, 1.807) is 12.1 Å². The van der Waals surface area contributed by atoms with E-state index < -0.39 is 0 Å². The van der Waals surface area contributed by atoms with Crippen LogP contribution in [0.4, 0.5) is 4.79 Å². The van der Waals surface area contributed by atoms with Gasteiger partial charge in [-0.25, -0.2) is 4.79 Å². The molecule has 2 heterocycles. The summed E-state index contributed by atoms with van der Waals surface area (Å²) in [4.78, 5) is 14.5. The van der Waals surface area contributed by atoms with E-state index in [2.05, 4.69) is 10.6 Å². The molecule has 1 aliphatic carbocycles. The maximum atomic E-state index is 12.5. The number of phenols is 1. The lowest BCUT2D eigenvalue weighted by Crippen LogP contribution is -2.46. The van der Waals surface area contributed by atoms with E-state index >= 15 is 0 Å². The fourth-order valence-corrected chi connectivity index (χ4v) is 4.43. The van der Waals surface area contributed by atoms with Crippen LogP contribution in [-0.2, 0) is 0 Å². The second-order valence-electron chi connectivity index (χ2n) is 7.67. The first kappa shape index (κ1) is 15.8. The van der Waals surface area contributed by atoms with Crippen LogP contribution in [0.3, 0.4) is 0 Å². The zero-order valence-corrected chi connectivity index (χ0v) is 14.1. The van der Waals surface area contributed by atoms with Gasteiger partial charge in [0, 0.05) is 19.1 Å². The number of piperidine rings is 2. The van der Waals surface area contributed by atoms with E-state index in [1.807, 2.05) is 17.0 Å². The smallest absolute Gasteiger partial charge is 0.317 e. The molecule has 5 heteroatoms. The van der Waals surface area contributed by atoms with Gasteiger partial charge in [0.05, 0.1) is 0 Å². The topological polar surface area (TPSA) is 64.6 Å². The maximum Gasteiger partial charge on any atom is 0.317 e. The van der Waals surface area contributed by atoms with Crippen molar-refractivity contribution in [2.45, 2.75) is 44.1 Å². The molecule has 1 atom stereocenters. The van der Waals surface area contributed by atoms with Crippen molar-refractivity contribution in [2.75, 3.05) is 26.2 Å². The molecule has 3 fully saturated rings. The standard InChI is InChI=1S/C19H27N3O2/c23-16-3-1-14(2-4-16)15-5-11-22(12-6-15)18(24)21-17-13-19(17)7-9-20-10-8-19/h1-4,15,17,20,23H,5-13H2,(H,21,24). The van der Waals surface area contributed by atoms with Gasteiger partial charge in [0.2, 0.25) is 0 Å². The average molecular weight is 329 g/mol. The molecule has 0 radical (unpaired) electrons. The number of hydrogen-bond acceptors (Lipinski definition) is 3. The molecule has 0 aromatic heterocycles. The summed E-state index contributed by atoms with van der Waals surface area (Å²) in [6.07, 6.45) is 5.54. The van der Waals surface area contributed by atoms with Gasteiger partial charge < -0.3 is 20.6 Å². The summed E-state index contributed by atoms with van der Waals surface area (Å²) in [5, 5.41) is 16.1. The summed E-state index contributed by atoms with van der Waals surface area (Å²) in [5.74, 6) is 0.804. The van der Waals surface area contributed by atoms with Crippen LogP contribution >= 0.6 is 0 Å². The van der Waals surface area contributed by atoms with Crippen molar-refractivity contribution >= 4 is 6.03 Å². The van der Waals surface area contributed by atoms with E-state index in [1.165, 1.54) is 18.4 Å². The number of nitrogens with zero attached hydrogens (tertiary/aromatic N) is 1. The molecule has 0 bridgehead atoms. The third-order valence-corrected chi connectivity index (χ3v) is 6.23. The number of carbonyl (C=O) groups excluding carboxylic acids is 1. The van der Waals surface area contributed by atoms with Crippen LogP contribution in [0, 0.1) is 5.41 Å². The van der Waals surface area contributed by atoms with Crippen molar-refractivity contribution in [1.29, 1.82) is 0 Å². The van der Waals surface area contributed by atoms with Crippen molar-refractivity contribution in [3.05, 3.63) is 29.8 Å². The minimum absolute atomic E-state index is 0.125. The largest absolute Gasteiger partial charge is 0.508 e. The Morgan fingerprint density at radius 1 is 1.17 bits per heavy atom. The van der Waals surface area contributed by atoms with Crippen LogP contribution in [0.1, 0.15) is 43.6 Å². The second-order valence-corrected chi connectivity index (χ2v) is 7.67. The quantitative estimate of drug-likeness (QED) is 0.781. The van der Waals surface area contributed by atoms with Crippen molar-refractivity contribution in [1.82, 2.24) is 15.5 Å². The van der Waals surface area contributed by atoms with Gasteiger partial charge in [-0.1, -0.05) is 12.1 Å². The molecule has 1 aromatic rings. The molecular formula is C19H27N3O2. The molecule has 1 saturated carbocycles. The highest BCUT2D eigenvalue weighted by Gasteiger charge is 2.54. The number of hydrogen-bond donors (Lipinski definition) is 3. The number of amides is 2. The first-order valence-corrected chi connectivity index (χ1v) is 9.21. The normalized spacial score (nSPS) is 26.3. The Morgan fingerprint density at radius 3 is 2.50 bits per heavy atom. The fourth-order valence-electron chi connectivity index (χ4n) is 4.43. The number of urea groups is 1. The van der Waals surface area contributed by atoms with E-state index in [-0.39, 0.29) is 6.03 Å². The van der Waals surface area contributed by atoms with Crippen LogP contribution in [0.15, 0.2) is 24.3 Å². The zero-order valence-electron chi connectivity index (χ0n) is 14.1. The molecule has 1 spiro atoms. The van der Waals surface area contributed by atoms with Crippen molar-refractivity contribution < 1.29 is 9.90 Å². The van der Waals surface area contributed by atoms with Gasteiger partial charge >= 0.3 is 6.03 Å². The maximum absolute atomic E-state index is 12.5. The van der Waals surface area contributed by atoms with Crippen molar-refractivity contribution in [3.8, 4) is 5.75 Å². The Kier molecular flexibility index (Phi) is 4.12. The lowest BCUT2D eigenvalue weighted by atomic mass is 9.89. The summed E-state index contributed by atoms with van der Waals surface area (Å²) < 4.78 is 0. The first-order valence-electron chi connectivity index (χ1n) is 9.21. The Balaban J connectivity index is 1.27. The highest BCUT2D eigenvalue weighted by atomic mass is 16.3. The molecule has 2 saturated heterocycles. The number of carbonyl (C=O) groups is 1. The number of rotatable bonds is 2. The van der Waals surface area contributed by atoms with Gasteiger partial charge in [0.25, 0.3) is 0 Å². The van der Waals surface area contributed by atoms with E-state index in [4.69, 9.17) is 0 Å². The fraction of sp³-hybridized carbons (Fsp3) is 0.632. The molecule has 1 aromatic carbocycles. The number of likely N-dealkylation sites (tertiary alicyclic amines) is 1. The van der Waals surface area contributed by atoms with Gasteiger partial charge in [-0.05, 0) is 74.2 Å². The summed E-state index contributed by atoms with van der Waals surface area (Å²) >= 11 is 0. The van der Waals surface area contributed by atoms with Crippen molar-refractivity contribution in [2.24, 2.45) is 5.41 Å². The minimum Gasteiger partial charge on any atom is -0.508 e. The predicted molar refractivity (Wildman–Crippen MR) is 93.1 cm³/mol. The molecule has 1 unspecified atom stereocenters. The van der Waals surface area contributed by atoms with Gasteiger partial charge in [-0.2, -0.15) is 0 Å². The van der Waals surface area contributed by atoms with Crippen LogP contribution in [0.2, 0.25) is 0 Å². The molecule has 2 aliphatic heterocycles. The molecule has 130 valence electrons. The van der Waals surface area contributed by atoms with Crippen LogP contribution in [0.5, 0.6) is 5.75 Å². The van der Waals surface area contributed by atoms with E-state index in [9.17, 15) is 9.90 Å². The lowest BCUT2D eigenvalue weighted by molar-refractivity contribution is 0.178. The summed E-state index contributed by atoms with van der Waals surface area (Å²) in [7, 11) is 0. The van der Waals surface area contributed by atoms with Crippen LogP contribution in [-0.4, -0.2) is 48.3 Å². The molecule has 24 heavy (non-hydrogen) atoms. The highest BCUT2D eigenvalue weighted by Crippen LogP contribution is 2.52. The molecular weight excluding hydrogens is 302 g/mol. The van der Waals surface area contributed by atoms with E-state index in [0.717, 1.165) is 45.4 Å². The first-order chi connectivity index (χ1) is 11.7. The monoisotopic (exact) mass is 329 g/mol. The summed E-state index contributed by atoms with van der Waals surface area (Å²) in [6, 6.07) is 8.02. The summed E-state index contributed by atoms with van der Waals surface area (Å²) in [6.45, 7) is 3.81. The number of aromatic hydroxyl groups is 1. The molecule has 3 aliphatic rings. The Hall–Kier alpha value is -1.75. The third kappa shape index (κ3) is 3.09. The van der Waals surface area contributed by atoms with Crippen LogP contribution < -0.4 is 10.6 Å².